The van der Waals surface area contributed by atoms with Crippen molar-refractivity contribution < 1.29 is 23.8 Å². The van der Waals surface area contributed by atoms with E-state index in [1.54, 1.807) is 42.5 Å². The van der Waals surface area contributed by atoms with Crippen LogP contribution < -0.4 is 9.64 Å². The third-order valence-electron chi connectivity index (χ3n) is 5.52. The van der Waals surface area contributed by atoms with E-state index >= 15 is 0 Å². The lowest BCUT2D eigenvalue weighted by molar-refractivity contribution is -0.132. The standard InChI is InChI=1S/C25H16ClFN2O4S/c1-33-17-4-2-3-14(11-17)22(30)20-21(13-5-8-16(27)9-6-13)29(24(32)23(20)31)25-28-18-10-7-15(26)12-19(18)34-25/h2-12,21,30H,1H3/b22-20+. The number of anilines is 1. The van der Waals surface area contributed by atoms with E-state index in [-0.39, 0.29) is 16.5 Å². The minimum absolute atomic E-state index is 0.123. The van der Waals surface area contributed by atoms with Gasteiger partial charge in [0, 0.05) is 10.6 Å². The number of methoxy groups -OCH3 is 1. The zero-order chi connectivity index (χ0) is 24.0. The highest BCUT2D eigenvalue weighted by molar-refractivity contribution is 7.22. The van der Waals surface area contributed by atoms with Crippen LogP contribution in [0.3, 0.4) is 0 Å². The molecule has 1 unspecified atom stereocenters. The van der Waals surface area contributed by atoms with Gasteiger partial charge in [-0.15, -0.1) is 0 Å². The van der Waals surface area contributed by atoms with Crippen molar-refractivity contribution in [1.29, 1.82) is 0 Å². The molecule has 9 heteroatoms. The van der Waals surface area contributed by atoms with Crippen molar-refractivity contribution in [3.63, 3.8) is 0 Å². The quantitative estimate of drug-likeness (QED) is 0.223. The lowest BCUT2D eigenvalue weighted by Crippen LogP contribution is -2.29. The fourth-order valence-corrected chi connectivity index (χ4v) is 5.17. The second-order valence-corrected chi connectivity index (χ2v) is 9.01. The number of aliphatic hydroxyl groups is 1. The number of Topliss-reactive ketones (excluding diaryl/α,β-unsaturated/α-hetero) is 1. The van der Waals surface area contributed by atoms with Gasteiger partial charge in [-0.1, -0.05) is 47.2 Å². The Morgan fingerprint density at radius 2 is 1.88 bits per heavy atom. The third-order valence-corrected chi connectivity index (χ3v) is 6.77. The molecule has 0 radical (unpaired) electrons. The average molecular weight is 495 g/mol. The molecular formula is C25H16ClFN2O4S. The van der Waals surface area contributed by atoms with E-state index in [1.165, 1.54) is 47.6 Å². The predicted molar refractivity (Wildman–Crippen MR) is 129 cm³/mol. The van der Waals surface area contributed by atoms with Crippen LogP contribution in [0.5, 0.6) is 5.75 Å². The molecule has 1 amide bonds. The summed E-state index contributed by atoms with van der Waals surface area (Å²) in [7, 11) is 1.48. The van der Waals surface area contributed by atoms with E-state index in [2.05, 4.69) is 4.98 Å². The summed E-state index contributed by atoms with van der Waals surface area (Å²) in [6, 6.07) is 16.0. The summed E-state index contributed by atoms with van der Waals surface area (Å²) >= 11 is 7.28. The third kappa shape index (κ3) is 3.70. The zero-order valence-electron chi connectivity index (χ0n) is 17.7. The maximum absolute atomic E-state index is 13.7. The van der Waals surface area contributed by atoms with Gasteiger partial charge in [0.05, 0.1) is 28.9 Å². The first-order valence-corrected chi connectivity index (χ1v) is 11.3. The Hall–Kier alpha value is -3.75. The van der Waals surface area contributed by atoms with Gasteiger partial charge in [0.25, 0.3) is 5.78 Å². The Morgan fingerprint density at radius 1 is 1.12 bits per heavy atom. The number of aromatic nitrogens is 1. The van der Waals surface area contributed by atoms with E-state index in [9.17, 15) is 19.1 Å². The summed E-state index contributed by atoms with van der Waals surface area (Å²) in [6.07, 6.45) is 0. The number of carbonyl (C=O) groups excluding carboxylic acids is 2. The molecule has 5 rings (SSSR count). The molecule has 2 heterocycles. The van der Waals surface area contributed by atoms with E-state index in [1.807, 2.05) is 0 Å². The van der Waals surface area contributed by atoms with Crippen LogP contribution in [-0.4, -0.2) is 28.9 Å². The molecule has 0 spiro atoms. The van der Waals surface area contributed by atoms with Gasteiger partial charge < -0.3 is 9.84 Å². The number of carbonyl (C=O) groups is 2. The molecule has 170 valence electrons. The summed E-state index contributed by atoms with van der Waals surface area (Å²) in [5.74, 6) is -2.07. The molecule has 1 N–H and O–H groups in total. The van der Waals surface area contributed by atoms with Gasteiger partial charge in [0.1, 0.15) is 17.3 Å². The van der Waals surface area contributed by atoms with Crippen LogP contribution in [0.2, 0.25) is 5.02 Å². The number of ether oxygens (including phenoxy) is 1. The molecule has 0 bridgehead atoms. The number of aliphatic hydroxyl groups excluding tert-OH is 1. The highest BCUT2D eigenvalue weighted by Crippen LogP contribution is 2.44. The van der Waals surface area contributed by atoms with Crippen molar-refractivity contribution in [3.05, 3.63) is 94.3 Å². The maximum atomic E-state index is 13.7. The van der Waals surface area contributed by atoms with E-state index in [0.717, 1.165) is 4.70 Å². The normalized spacial score (nSPS) is 17.5. The molecule has 6 nitrogen and oxygen atoms in total. The lowest BCUT2D eigenvalue weighted by Gasteiger charge is -2.23. The molecular weight excluding hydrogens is 479 g/mol. The summed E-state index contributed by atoms with van der Waals surface area (Å²) < 4.78 is 19.6. The van der Waals surface area contributed by atoms with Gasteiger partial charge in [-0.3, -0.25) is 14.5 Å². The Morgan fingerprint density at radius 3 is 2.62 bits per heavy atom. The van der Waals surface area contributed by atoms with Crippen molar-refractivity contribution in [2.75, 3.05) is 12.0 Å². The van der Waals surface area contributed by atoms with E-state index in [4.69, 9.17) is 16.3 Å². The minimum atomic E-state index is -1.01. The molecule has 1 aliphatic rings. The molecule has 3 aromatic carbocycles. The second-order valence-electron chi connectivity index (χ2n) is 7.56. The fraction of sp³-hybridized carbons (Fsp3) is 0.0800. The number of hydrogen-bond acceptors (Lipinski definition) is 6. The lowest BCUT2D eigenvalue weighted by atomic mass is 9.95. The molecule has 34 heavy (non-hydrogen) atoms. The topological polar surface area (TPSA) is 79.7 Å². The maximum Gasteiger partial charge on any atom is 0.301 e. The molecule has 1 saturated heterocycles. The number of amides is 1. The minimum Gasteiger partial charge on any atom is -0.507 e. The number of nitrogens with zero attached hydrogens (tertiary/aromatic N) is 2. The number of halogens is 2. The van der Waals surface area contributed by atoms with Gasteiger partial charge in [0.2, 0.25) is 0 Å². The van der Waals surface area contributed by atoms with Crippen molar-refractivity contribution in [2.24, 2.45) is 0 Å². The van der Waals surface area contributed by atoms with Crippen LogP contribution in [0.1, 0.15) is 17.2 Å². The number of rotatable bonds is 4. The van der Waals surface area contributed by atoms with Gasteiger partial charge >= 0.3 is 5.91 Å². The van der Waals surface area contributed by atoms with E-state index < -0.39 is 23.5 Å². The van der Waals surface area contributed by atoms with Crippen LogP contribution in [0.25, 0.3) is 16.0 Å². The van der Waals surface area contributed by atoms with Crippen LogP contribution in [0.4, 0.5) is 9.52 Å². The Kier molecular flexibility index (Phi) is 5.55. The number of hydrogen-bond donors (Lipinski definition) is 1. The highest BCUT2D eigenvalue weighted by atomic mass is 35.5. The van der Waals surface area contributed by atoms with Crippen molar-refractivity contribution in [1.82, 2.24) is 4.98 Å². The van der Waals surface area contributed by atoms with Crippen molar-refractivity contribution >= 4 is 55.7 Å². The number of fused-ring (bicyclic) bond motifs is 1. The molecule has 0 saturated carbocycles. The summed E-state index contributed by atoms with van der Waals surface area (Å²) in [6.45, 7) is 0. The molecule has 4 aromatic rings. The van der Waals surface area contributed by atoms with Crippen LogP contribution in [-0.2, 0) is 9.59 Å². The molecule has 1 fully saturated rings. The average Bonchev–Trinajstić information content (AvgIpc) is 3.37. The molecule has 1 atom stereocenters. The predicted octanol–water partition coefficient (Wildman–Crippen LogP) is 5.72. The number of benzene rings is 3. The van der Waals surface area contributed by atoms with Gasteiger partial charge in [-0.05, 0) is 48.0 Å². The summed E-state index contributed by atoms with van der Waals surface area (Å²) in [5, 5.41) is 11.9. The summed E-state index contributed by atoms with van der Waals surface area (Å²) in [4.78, 5) is 32.2. The van der Waals surface area contributed by atoms with Crippen LogP contribution >= 0.6 is 22.9 Å². The molecule has 1 aromatic heterocycles. The Balaban J connectivity index is 1.73. The highest BCUT2D eigenvalue weighted by Gasteiger charge is 2.48. The monoisotopic (exact) mass is 494 g/mol. The molecule has 0 aliphatic carbocycles. The first kappa shape index (κ1) is 22.1. The van der Waals surface area contributed by atoms with Crippen LogP contribution in [0, 0.1) is 5.82 Å². The number of thiazole rings is 1. The summed E-state index contributed by atoms with van der Waals surface area (Å²) in [5.41, 5.74) is 1.24. The zero-order valence-corrected chi connectivity index (χ0v) is 19.2. The number of ketones is 1. The van der Waals surface area contributed by atoms with Gasteiger partial charge in [-0.2, -0.15) is 0 Å². The first-order valence-electron chi connectivity index (χ1n) is 10.1. The smallest absolute Gasteiger partial charge is 0.301 e. The largest absolute Gasteiger partial charge is 0.507 e. The second kappa shape index (κ2) is 8.55. The SMILES string of the molecule is COc1cccc(/C(O)=C2\C(=O)C(=O)N(c3nc4ccc(Cl)cc4s3)C2c2ccc(F)cc2)c1. The van der Waals surface area contributed by atoms with E-state index in [0.29, 0.717) is 27.4 Å². The van der Waals surface area contributed by atoms with Gasteiger partial charge in [0.15, 0.2) is 5.13 Å². The Labute approximate surface area is 202 Å². The fourth-order valence-electron chi connectivity index (χ4n) is 3.91. The molecule has 1 aliphatic heterocycles. The van der Waals surface area contributed by atoms with Crippen molar-refractivity contribution in [2.45, 2.75) is 6.04 Å². The first-order chi connectivity index (χ1) is 16.4. The van der Waals surface area contributed by atoms with Gasteiger partial charge in [-0.25, -0.2) is 9.37 Å². The Bertz CT molecular complexity index is 1480. The van der Waals surface area contributed by atoms with Crippen LogP contribution in [0.15, 0.2) is 72.3 Å². The van der Waals surface area contributed by atoms with Crippen molar-refractivity contribution in [3.8, 4) is 5.75 Å².